The number of nitro benzene ring substituents is 1. The quantitative estimate of drug-likeness (QED) is 0.588. The molecule has 1 rings (SSSR count). The minimum absolute atomic E-state index is 0.105. The molecule has 0 aliphatic rings. The summed E-state index contributed by atoms with van der Waals surface area (Å²) in [5.74, 6) is -1.79. The Morgan fingerprint density at radius 1 is 1.50 bits per heavy atom. The zero-order chi connectivity index (χ0) is 12.3. The third-order valence-electron chi connectivity index (χ3n) is 2.45. The fourth-order valence-corrected chi connectivity index (χ4v) is 1.45. The molecule has 0 heterocycles. The standard InChI is InChI=1S/C10H12N2O4/c1-6(9(11)10(13)14)7-4-2-3-5-8(7)12(15)16/h2-6,9H,11H2,1H3,(H,13,14)/t6-,9+/m0/s1. The molecular formula is C10H12N2O4. The number of aliphatic carboxylic acids is 1. The van der Waals surface area contributed by atoms with Crippen LogP contribution in [0.4, 0.5) is 5.69 Å². The van der Waals surface area contributed by atoms with Crippen LogP contribution < -0.4 is 5.73 Å². The summed E-state index contributed by atoms with van der Waals surface area (Å²) in [7, 11) is 0. The van der Waals surface area contributed by atoms with Crippen molar-refractivity contribution in [1.82, 2.24) is 0 Å². The molecule has 0 spiro atoms. The first-order chi connectivity index (χ1) is 7.45. The van der Waals surface area contributed by atoms with Gasteiger partial charge in [-0.15, -0.1) is 0 Å². The highest BCUT2D eigenvalue weighted by Gasteiger charge is 2.27. The molecular weight excluding hydrogens is 212 g/mol. The van der Waals surface area contributed by atoms with Crippen molar-refractivity contribution >= 4 is 11.7 Å². The Morgan fingerprint density at radius 2 is 2.06 bits per heavy atom. The Hall–Kier alpha value is -1.95. The molecule has 0 saturated carbocycles. The highest BCUT2D eigenvalue weighted by atomic mass is 16.6. The van der Waals surface area contributed by atoms with E-state index >= 15 is 0 Å². The summed E-state index contributed by atoms with van der Waals surface area (Å²) < 4.78 is 0. The molecule has 16 heavy (non-hydrogen) atoms. The monoisotopic (exact) mass is 224 g/mol. The van der Waals surface area contributed by atoms with E-state index in [4.69, 9.17) is 10.8 Å². The zero-order valence-electron chi connectivity index (χ0n) is 8.66. The maximum absolute atomic E-state index is 10.7. The van der Waals surface area contributed by atoms with Crippen molar-refractivity contribution in [2.75, 3.05) is 0 Å². The number of rotatable bonds is 4. The molecule has 0 fully saturated rings. The number of nitrogens with zero attached hydrogens (tertiary/aromatic N) is 1. The first-order valence-corrected chi connectivity index (χ1v) is 4.67. The SMILES string of the molecule is C[C@@H](c1ccccc1[N+](=O)[O-])[C@@H](N)C(=O)O. The van der Waals surface area contributed by atoms with Crippen molar-refractivity contribution in [2.45, 2.75) is 18.9 Å². The summed E-state index contributed by atoms with van der Waals surface area (Å²) in [4.78, 5) is 20.9. The van der Waals surface area contributed by atoms with Crippen molar-refractivity contribution in [3.63, 3.8) is 0 Å². The second-order valence-corrected chi connectivity index (χ2v) is 3.47. The zero-order valence-corrected chi connectivity index (χ0v) is 8.66. The van der Waals surface area contributed by atoms with E-state index in [0.717, 1.165) is 0 Å². The number of benzene rings is 1. The van der Waals surface area contributed by atoms with E-state index < -0.39 is 22.9 Å². The van der Waals surface area contributed by atoms with Gasteiger partial charge in [0.25, 0.3) is 5.69 Å². The molecule has 0 unspecified atom stereocenters. The normalized spacial score (nSPS) is 14.1. The maximum Gasteiger partial charge on any atom is 0.321 e. The number of carboxylic acid groups (broad SMARTS) is 1. The third-order valence-corrected chi connectivity index (χ3v) is 2.45. The topological polar surface area (TPSA) is 106 Å². The summed E-state index contributed by atoms with van der Waals surface area (Å²) in [5, 5.41) is 19.5. The van der Waals surface area contributed by atoms with Crippen molar-refractivity contribution in [2.24, 2.45) is 5.73 Å². The van der Waals surface area contributed by atoms with Crippen LogP contribution in [0.1, 0.15) is 18.4 Å². The highest BCUT2D eigenvalue weighted by molar-refractivity contribution is 5.75. The predicted molar refractivity (Wildman–Crippen MR) is 57.1 cm³/mol. The predicted octanol–water partition coefficient (Wildman–Crippen LogP) is 1.11. The van der Waals surface area contributed by atoms with Gasteiger partial charge in [-0.2, -0.15) is 0 Å². The molecule has 0 saturated heterocycles. The summed E-state index contributed by atoms with van der Waals surface area (Å²) in [6.45, 7) is 1.56. The second kappa shape index (κ2) is 4.71. The summed E-state index contributed by atoms with van der Waals surface area (Å²) in [6, 6.07) is 4.85. The molecule has 6 heteroatoms. The molecule has 6 nitrogen and oxygen atoms in total. The van der Waals surface area contributed by atoms with Crippen LogP contribution in [0.15, 0.2) is 24.3 Å². The fraction of sp³-hybridized carbons (Fsp3) is 0.300. The molecule has 0 aliphatic carbocycles. The second-order valence-electron chi connectivity index (χ2n) is 3.47. The average Bonchev–Trinajstić information content (AvgIpc) is 2.26. The van der Waals surface area contributed by atoms with Gasteiger partial charge in [-0.05, 0) is 0 Å². The number of carbonyl (C=O) groups is 1. The lowest BCUT2D eigenvalue weighted by Crippen LogP contribution is -2.35. The summed E-state index contributed by atoms with van der Waals surface area (Å²) >= 11 is 0. The molecule has 0 aromatic heterocycles. The van der Waals surface area contributed by atoms with Gasteiger partial charge in [0.1, 0.15) is 6.04 Å². The van der Waals surface area contributed by atoms with Gasteiger partial charge >= 0.3 is 5.97 Å². The lowest BCUT2D eigenvalue weighted by molar-refractivity contribution is -0.385. The van der Waals surface area contributed by atoms with Gasteiger partial charge < -0.3 is 10.8 Å². The number of nitro groups is 1. The van der Waals surface area contributed by atoms with E-state index in [-0.39, 0.29) is 5.69 Å². The lowest BCUT2D eigenvalue weighted by Gasteiger charge is -2.15. The molecule has 3 N–H and O–H groups in total. The molecule has 2 atom stereocenters. The van der Waals surface area contributed by atoms with Crippen molar-refractivity contribution in [3.05, 3.63) is 39.9 Å². The molecule has 0 aliphatic heterocycles. The lowest BCUT2D eigenvalue weighted by atomic mass is 9.92. The van der Waals surface area contributed by atoms with Gasteiger partial charge in [0.2, 0.25) is 0 Å². The van der Waals surface area contributed by atoms with Crippen LogP contribution in [-0.2, 0) is 4.79 Å². The molecule has 86 valence electrons. The first kappa shape index (κ1) is 12.1. The van der Waals surface area contributed by atoms with Crippen LogP contribution in [0.3, 0.4) is 0 Å². The Labute approximate surface area is 91.8 Å². The van der Waals surface area contributed by atoms with E-state index in [9.17, 15) is 14.9 Å². The fourth-order valence-electron chi connectivity index (χ4n) is 1.45. The number of nitrogens with two attached hydrogens (primary N) is 1. The minimum atomic E-state index is -1.18. The maximum atomic E-state index is 10.7. The van der Waals surface area contributed by atoms with E-state index in [1.54, 1.807) is 13.0 Å². The Morgan fingerprint density at radius 3 is 2.56 bits per heavy atom. The smallest absolute Gasteiger partial charge is 0.321 e. The van der Waals surface area contributed by atoms with Crippen molar-refractivity contribution in [3.8, 4) is 0 Å². The van der Waals surface area contributed by atoms with E-state index in [0.29, 0.717) is 5.56 Å². The third kappa shape index (κ3) is 2.34. The summed E-state index contributed by atoms with van der Waals surface area (Å²) in [6.07, 6.45) is 0. The van der Waals surface area contributed by atoms with Crippen molar-refractivity contribution < 1.29 is 14.8 Å². The largest absolute Gasteiger partial charge is 0.480 e. The molecule has 1 aromatic carbocycles. The molecule has 0 radical (unpaired) electrons. The number of para-hydroxylation sites is 1. The first-order valence-electron chi connectivity index (χ1n) is 4.67. The molecule has 0 bridgehead atoms. The van der Waals surface area contributed by atoms with E-state index in [1.807, 2.05) is 0 Å². The van der Waals surface area contributed by atoms with Gasteiger partial charge in [-0.25, -0.2) is 0 Å². The number of carboxylic acids is 1. The Bertz CT molecular complexity index is 419. The molecule has 0 amide bonds. The minimum Gasteiger partial charge on any atom is -0.480 e. The Kier molecular flexibility index (Phi) is 3.57. The average molecular weight is 224 g/mol. The van der Waals surface area contributed by atoms with Gasteiger partial charge in [-0.1, -0.05) is 25.1 Å². The summed E-state index contributed by atoms with van der Waals surface area (Å²) in [5.41, 5.74) is 5.67. The highest BCUT2D eigenvalue weighted by Crippen LogP contribution is 2.27. The number of hydrogen-bond acceptors (Lipinski definition) is 4. The van der Waals surface area contributed by atoms with Crippen molar-refractivity contribution in [1.29, 1.82) is 0 Å². The van der Waals surface area contributed by atoms with Gasteiger partial charge in [0, 0.05) is 17.5 Å². The van der Waals surface area contributed by atoms with Crippen LogP contribution in [0.25, 0.3) is 0 Å². The van der Waals surface area contributed by atoms with Crippen LogP contribution in [0.5, 0.6) is 0 Å². The van der Waals surface area contributed by atoms with E-state index in [1.165, 1.54) is 18.2 Å². The van der Waals surface area contributed by atoms with Gasteiger partial charge in [0.05, 0.1) is 4.92 Å². The van der Waals surface area contributed by atoms with Crippen LogP contribution >= 0.6 is 0 Å². The van der Waals surface area contributed by atoms with Gasteiger partial charge in [-0.3, -0.25) is 14.9 Å². The van der Waals surface area contributed by atoms with Crippen LogP contribution in [-0.4, -0.2) is 22.0 Å². The molecule has 1 aromatic rings. The Balaban J connectivity index is 3.12. The van der Waals surface area contributed by atoms with Crippen LogP contribution in [0.2, 0.25) is 0 Å². The van der Waals surface area contributed by atoms with Crippen LogP contribution in [0, 0.1) is 10.1 Å². The van der Waals surface area contributed by atoms with Gasteiger partial charge in [0.15, 0.2) is 0 Å². The van der Waals surface area contributed by atoms with E-state index in [2.05, 4.69) is 0 Å². The number of hydrogen-bond donors (Lipinski definition) is 2.